The van der Waals surface area contributed by atoms with Crippen LogP contribution in [0.2, 0.25) is 0 Å². The normalized spacial score (nSPS) is 14.3. The lowest BCUT2D eigenvalue weighted by Crippen LogP contribution is -2.33. The third-order valence-corrected chi connectivity index (χ3v) is 2.62. The van der Waals surface area contributed by atoms with Gasteiger partial charge in [-0.3, -0.25) is 0 Å². The maximum absolute atomic E-state index is 12.4. The molecule has 0 aliphatic carbocycles. The molecule has 0 bridgehead atoms. The number of carboxylic acids is 1. The van der Waals surface area contributed by atoms with Gasteiger partial charge in [-0.2, -0.15) is 13.2 Å². The van der Waals surface area contributed by atoms with Gasteiger partial charge >= 0.3 is 12.1 Å². The Balaban J connectivity index is 0.00000180. The van der Waals surface area contributed by atoms with Crippen molar-refractivity contribution in [3.05, 3.63) is 41.6 Å². The van der Waals surface area contributed by atoms with Gasteiger partial charge in [0.2, 0.25) is 0 Å². The maximum atomic E-state index is 12.4. The summed E-state index contributed by atoms with van der Waals surface area (Å²) in [5.41, 5.74) is 0.944. The summed E-state index contributed by atoms with van der Waals surface area (Å²) in [6, 6.07) is 6.49. The van der Waals surface area contributed by atoms with Crippen molar-refractivity contribution >= 4 is 24.1 Å². The second kappa shape index (κ2) is 5.52. The molecule has 0 saturated heterocycles. The fourth-order valence-corrected chi connectivity index (χ4v) is 1.90. The molecular formula is C12H11ClF3NO2. The van der Waals surface area contributed by atoms with Gasteiger partial charge < -0.3 is 10.0 Å². The zero-order valence-electron chi connectivity index (χ0n) is 9.65. The SMILES string of the molecule is Cl.O=C(O)C1=CN(CC(F)(F)F)c2ccccc2C1. The first-order valence-corrected chi connectivity index (χ1v) is 5.22. The summed E-state index contributed by atoms with van der Waals surface area (Å²) in [5, 5.41) is 8.90. The highest BCUT2D eigenvalue weighted by Gasteiger charge is 2.33. The number of hydrogen-bond donors (Lipinski definition) is 1. The summed E-state index contributed by atoms with van der Waals surface area (Å²) in [4.78, 5) is 11.8. The monoisotopic (exact) mass is 293 g/mol. The number of alkyl halides is 3. The van der Waals surface area contributed by atoms with Crippen LogP contribution >= 0.6 is 12.4 Å². The number of fused-ring (bicyclic) bond motifs is 1. The number of hydrogen-bond acceptors (Lipinski definition) is 2. The lowest BCUT2D eigenvalue weighted by molar-refractivity contribution is -0.133. The minimum Gasteiger partial charge on any atom is -0.478 e. The number of anilines is 1. The molecule has 1 N–H and O–H groups in total. The second-order valence-corrected chi connectivity index (χ2v) is 4.01. The van der Waals surface area contributed by atoms with Crippen LogP contribution in [-0.2, 0) is 11.2 Å². The van der Waals surface area contributed by atoms with Crippen LogP contribution < -0.4 is 4.90 Å². The van der Waals surface area contributed by atoms with Crippen molar-refractivity contribution in [1.82, 2.24) is 0 Å². The highest BCUT2D eigenvalue weighted by atomic mass is 35.5. The van der Waals surface area contributed by atoms with Crippen molar-refractivity contribution in [3.8, 4) is 0 Å². The topological polar surface area (TPSA) is 40.5 Å². The third-order valence-electron chi connectivity index (χ3n) is 2.62. The van der Waals surface area contributed by atoms with Crippen LogP contribution in [0.15, 0.2) is 36.0 Å². The van der Waals surface area contributed by atoms with Crippen LogP contribution in [0.1, 0.15) is 5.56 Å². The first-order chi connectivity index (χ1) is 8.37. The number of rotatable bonds is 2. The van der Waals surface area contributed by atoms with Gasteiger partial charge in [-0.25, -0.2) is 4.79 Å². The standard InChI is InChI=1S/C12H10F3NO2.ClH/c13-12(14,15)7-16-6-9(11(17)18)5-8-3-1-2-4-10(8)16;/h1-4,6H,5,7H2,(H,17,18);1H. The fourth-order valence-electron chi connectivity index (χ4n) is 1.90. The molecular weight excluding hydrogens is 283 g/mol. The van der Waals surface area contributed by atoms with Gasteiger partial charge in [0.05, 0.1) is 5.57 Å². The summed E-state index contributed by atoms with van der Waals surface area (Å²) in [6.45, 7) is -1.19. The second-order valence-electron chi connectivity index (χ2n) is 4.01. The van der Waals surface area contributed by atoms with Gasteiger partial charge in [-0.1, -0.05) is 18.2 Å². The number of para-hydroxylation sites is 1. The van der Waals surface area contributed by atoms with E-state index in [9.17, 15) is 18.0 Å². The van der Waals surface area contributed by atoms with E-state index < -0.39 is 18.7 Å². The van der Waals surface area contributed by atoms with Crippen LogP contribution in [0, 0.1) is 0 Å². The van der Waals surface area contributed by atoms with Crippen molar-refractivity contribution in [2.75, 3.05) is 11.4 Å². The molecule has 1 aromatic carbocycles. The number of aliphatic carboxylic acids is 1. The Kier molecular flexibility index (Phi) is 4.47. The Labute approximate surface area is 113 Å². The quantitative estimate of drug-likeness (QED) is 0.911. The van der Waals surface area contributed by atoms with E-state index in [1.165, 1.54) is 0 Å². The smallest absolute Gasteiger partial charge is 0.406 e. The van der Waals surface area contributed by atoms with Gasteiger partial charge in [-0.15, -0.1) is 12.4 Å². The molecule has 1 aromatic rings. The van der Waals surface area contributed by atoms with Gasteiger partial charge in [-0.05, 0) is 11.6 Å². The van der Waals surface area contributed by atoms with Gasteiger partial charge in [0, 0.05) is 18.3 Å². The molecule has 19 heavy (non-hydrogen) atoms. The lowest BCUT2D eigenvalue weighted by atomic mass is 9.99. The predicted molar refractivity (Wildman–Crippen MR) is 66.5 cm³/mol. The summed E-state index contributed by atoms with van der Waals surface area (Å²) >= 11 is 0. The minimum absolute atomic E-state index is 0. The van der Waals surface area contributed by atoms with E-state index in [-0.39, 0.29) is 24.4 Å². The molecule has 0 atom stereocenters. The van der Waals surface area contributed by atoms with E-state index in [0.717, 1.165) is 11.1 Å². The van der Waals surface area contributed by atoms with Crippen LogP contribution in [0.4, 0.5) is 18.9 Å². The number of carboxylic acid groups (broad SMARTS) is 1. The van der Waals surface area contributed by atoms with E-state index in [0.29, 0.717) is 11.3 Å². The van der Waals surface area contributed by atoms with E-state index >= 15 is 0 Å². The highest BCUT2D eigenvalue weighted by molar-refractivity contribution is 5.89. The Morgan fingerprint density at radius 3 is 2.53 bits per heavy atom. The van der Waals surface area contributed by atoms with Crippen molar-refractivity contribution < 1.29 is 23.1 Å². The molecule has 0 radical (unpaired) electrons. The molecule has 3 nitrogen and oxygen atoms in total. The van der Waals surface area contributed by atoms with Gasteiger partial charge in [0.25, 0.3) is 0 Å². The molecule has 2 rings (SSSR count). The molecule has 0 amide bonds. The average molecular weight is 294 g/mol. The summed E-state index contributed by atoms with van der Waals surface area (Å²) in [7, 11) is 0. The molecule has 104 valence electrons. The van der Waals surface area contributed by atoms with E-state index in [1.807, 2.05) is 0 Å². The average Bonchev–Trinajstić information content (AvgIpc) is 2.26. The van der Waals surface area contributed by atoms with Crippen molar-refractivity contribution in [1.29, 1.82) is 0 Å². The lowest BCUT2D eigenvalue weighted by Gasteiger charge is -2.28. The molecule has 0 unspecified atom stereocenters. The van der Waals surface area contributed by atoms with Crippen molar-refractivity contribution in [2.24, 2.45) is 0 Å². The molecule has 1 heterocycles. The van der Waals surface area contributed by atoms with Crippen LogP contribution in [0.3, 0.4) is 0 Å². The highest BCUT2D eigenvalue weighted by Crippen LogP contribution is 2.31. The zero-order chi connectivity index (χ0) is 13.3. The molecule has 1 aliphatic heterocycles. The van der Waals surface area contributed by atoms with E-state index in [1.54, 1.807) is 24.3 Å². The van der Waals surface area contributed by atoms with Gasteiger partial charge in [0.1, 0.15) is 6.54 Å². The minimum atomic E-state index is -4.38. The Morgan fingerprint density at radius 2 is 1.95 bits per heavy atom. The Hall–Kier alpha value is -1.69. The first kappa shape index (κ1) is 15.4. The summed E-state index contributed by atoms with van der Waals surface area (Å²) in [5.74, 6) is -1.20. The molecule has 7 heteroatoms. The van der Waals surface area contributed by atoms with Crippen molar-refractivity contribution in [3.63, 3.8) is 0 Å². The Morgan fingerprint density at radius 1 is 1.32 bits per heavy atom. The molecule has 1 aliphatic rings. The summed E-state index contributed by atoms with van der Waals surface area (Å²) < 4.78 is 37.3. The number of carbonyl (C=O) groups is 1. The molecule has 0 saturated carbocycles. The fraction of sp³-hybridized carbons (Fsp3) is 0.250. The first-order valence-electron chi connectivity index (χ1n) is 5.22. The third kappa shape index (κ3) is 3.64. The molecule has 0 aromatic heterocycles. The van der Waals surface area contributed by atoms with Gasteiger partial charge in [0.15, 0.2) is 0 Å². The van der Waals surface area contributed by atoms with E-state index in [2.05, 4.69) is 0 Å². The van der Waals surface area contributed by atoms with E-state index in [4.69, 9.17) is 5.11 Å². The van der Waals surface area contributed by atoms with Crippen molar-refractivity contribution in [2.45, 2.75) is 12.6 Å². The number of nitrogens with zero attached hydrogens (tertiary/aromatic N) is 1. The summed E-state index contributed by atoms with van der Waals surface area (Å²) in [6.07, 6.45) is -3.19. The number of benzene rings is 1. The van der Waals surface area contributed by atoms with Crippen LogP contribution in [0.5, 0.6) is 0 Å². The molecule has 0 fully saturated rings. The largest absolute Gasteiger partial charge is 0.478 e. The Bertz CT molecular complexity index is 514. The zero-order valence-corrected chi connectivity index (χ0v) is 10.5. The predicted octanol–water partition coefficient (Wildman–Crippen LogP) is 3.00. The van der Waals surface area contributed by atoms with Crippen LogP contribution in [-0.4, -0.2) is 23.8 Å². The number of halogens is 4. The van der Waals surface area contributed by atoms with Crippen LogP contribution in [0.25, 0.3) is 0 Å². The molecule has 0 spiro atoms. The maximum Gasteiger partial charge on any atom is 0.406 e.